The van der Waals surface area contributed by atoms with E-state index in [-0.39, 0.29) is 0 Å². The lowest BCUT2D eigenvalue weighted by atomic mass is 10.0. The molecular weight excluding hydrogens is 202 g/mol. The van der Waals surface area contributed by atoms with Crippen LogP contribution in [0.2, 0.25) is 0 Å². The fourth-order valence-electron chi connectivity index (χ4n) is 1.45. The molecule has 0 heterocycles. The molecule has 0 aliphatic rings. The van der Waals surface area contributed by atoms with Crippen LogP contribution >= 0.6 is 11.8 Å². The maximum Gasteiger partial charge on any atom is 0.0343 e. The van der Waals surface area contributed by atoms with Crippen molar-refractivity contribution >= 4 is 17.4 Å². The van der Waals surface area contributed by atoms with Gasteiger partial charge in [0.05, 0.1) is 0 Å². The largest absolute Gasteiger partial charge is 0.382 e. The summed E-state index contributed by atoms with van der Waals surface area (Å²) in [6.07, 6.45) is 3.32. The molecule has 84 valence electrons. The minimum atomic E-state index is 0.537. The standard InChI is InChI=1S/C13H21NS/c1-5-10(2)11(3)14-12-6-8-13(15-4)9-7-12/h6-11,14H,5H2,1-4H3/t10-,11+/m1/s1. The molecule has 0 spiro atoms. The van der Waals surface area contributed by atoms with Gasteiger partial charge in [-0.1, -0.05) is 20.3 Å². The van der Waals surface area contributed by atoms with Crippen LogP contribution in [0.25, 0.3) is 0 Å². The second-order valence-electron chi connectivity index (χ2n) is 4.05. The van der Waals surface area contributed by atoms with Crippen molar-refractivity contribution < 1.29 is 0 Å². The Morgan fingerprint density at radius 1 is 1.20 bits per heavy atom. The number of benzene rings is 1. The molecule has 0 saturated carbocycles. The van der Waals surface area contributed by atoms with Gasteiger partial charge in [-0.15, -0.1) is 11.8 Å². The molecule has 1 nitrogen and oxygen atoms in total. The number of thioether (sulfide) groups is 1. The highest BCUT2D eigenvalue weighted by atomic mass is 32.2. The van der Waals surface area contributed by atoms with Crippen molar-refractivity contribution in [1.82, 2.24) is 0 Å². The predicted molar refractivity (Wildman–Crippen MR) is 70.8 cm³/mol. The third-order valence-electron chi connectivity index (χ3n) is 2.98. The lowest BCUT2D eigenvalue weighted by Crippen LogP contribution is -2.23. The van der Waals surface area contributed by atoms with Gasteiger partial charge >= 0.3 is 0 Å². The van der Waals surface area contributed by atoms with Crippen LogP contribution < -0.4 is 5.32 Å². The molecular formula is C13H21NS. The number of hydrogen-bond acceptors (Lipinski definition) is 2. The SMILES string of the molecule is CC[C@@H](C)[C@H](C)Nc1ccc(SC)cc1. The number of nitrogens with one attached hydrogen (secondary N) is 1. The maximum atomic E-state index is 3.53. The van der Waals surface area contributed by atoms with Gasteiger partial charge in [-0.25, -0.2) is 0 Å². The van der Waals surface area contributed by atoms with Crippen molar-refractivity contribution in [3.63, 3.8) is 0 Å². The first-order chi connectivity index (χ1) is 7.17. The number of rotatable bonds is 5. The molecule has 0 bridgehead atoms. The zero-order valence-corrected chi connectivity index (χ0v) is 10.9. The fourth-order valence-corrected chi connectivity index (χ4v) is 1.85. The zero-order chi connectivity index (χ0) is 11.3. The van der Waals surface area contributed by atoms with Crippen LogP contribution in [0.15, 0.2) is 29.2 Å². The molecule has 0 saturated heterocycles. The quantitative estimate of drug-likeness (QED) is 0.749. The Kier molecular flexibility index (Phi) is 5.03. The second-order valence-corrected chi connectivity index (χ2v) is 4.93. The Bertz CT molecular complexity index is 281. The van der Waals surface area contributed by atoms with E-state index in [0.29, 0.717) is 12.0 Å². The summed E-state index contributed by atoms with van der Waals surface area (Å²) in [7, 11) is 0. The van der Waals surface area contributed by atoms with Gasteiger partial charge in [0.25, 0.3) is 0 Å². The van der Waals surface area contributed by atoms with Crippen molar-refractivity contribution in [1.29, 1.82) is 0 Å². The summed E-state index contributed by atoms with van der Waals surface area (Å²) in [4.78, 5) is 1.32. The van der Waals surface area contributed by atoms with Gasteiger partial charge in [0.2, 0.25) is 0 Å². The van der Waals surface area contributed by atoms with E-state index in [1.165, 1.54) is 17.0 Å². The van der Waals surface area contributed by atoms with Crippen molar-refractivity contribution in [2.24, 2.45) is 5.92 Å². The van der Waals surface area contributed by atoms with E-state index in [4.69, 9.17) is 0 Å². The molecule has 0 unspecified atom stereocenters. The monoisotopic (exact) mass is 223 g/mol. The minimum absolute atomic E-state index is 0.537. The average molecular weight is 223 g/mol. The first kappa shape index (κ1) is 12.4. The normalized spacial score (nSPS) is 14.7. The second kappa shape index (κ2) is 6.06. The van der Waals surface area contributed by atoms with Gasteiger partial charge in [0, 0.05) is 16.6 Å². The molecule has 0 aliphatic carbocycles. The Morgan fingerprint density at radius 2 is 1.80 bits per heavy atom. The van der Waals surface area contributed by atoms with Gasteiger partial charge in [-0.3, -0.25) is 0 Å². The van der Waals surface area contributed by atoms with Crippen LogP contribution in [0.5, 0.6) is 0 Å². The molecule has 2 atom stereocenters. The van der Waals surface area contributed by atoms with E-state index in [1.54, 1.807) is 11.8 Å². The van der Waals surface area contributed by atoms with Crippen molar-refractivity contribution in [3.05, 3.63) is 24.3 Å². The van der Waals surface area contributed by atoms with Gasteiger partial charge in [0.1, 0.15) is 0 Å². The molecule has 1 aromatic carbocycles. The lowest BCUT2D eigenvalue weighted by Gasteiger charge is -2.21. The predicted octanol–water partition coefficient (Wildman–Crippen LogP) is 4.26. The van der Waals surface area contributed by atoms with Crippen LogP contribution in [0.3, 0.4) is 0 Å². The summed E-state index contributed by atoms with van der Waals surface area (Å²) in [5.41, 5.74) is 1.22. The molecule has 0 fully saturated rings. The van der Waals surface area contributed by atoms with Crippen molar-refractivity contribution in [2.45, 2.75) is 38.1 Å². The van der Waals surface area contributed by atoms with Crippen LogP contribution in [-0.4, -0.2) is 12.3 Å². The van der Waals surface area contributed by atoms with Gasteiger partial charge in [0.15, 0.2) is 0 Å². The Labute approximate surface area is 97.7 Å². The molecule has 0 radical (unpaired) electrons. The molecule has 1 N–H and O–H groups in total. The van der Waals surface area contributed by atoms with E-state index in [9.17, 15) is 0 Å². The zero-order valence-electron chi connectivity index (χ0n) is 10.1. The van der Waals surface area contributed by atoms with E-state index in [1.807, 2.05) is 0 Å². The minimum Gasteiger partial charge on any atom is -0.382 e. The molecule has 0 amide bonds. The third-order valence-corrected chi connectivity index (χ3v) is 3.73. The first-order valence-electron chi connectivity index (χ1n) is 5.58. The summed E-state index contributed by atoms with van der Waals surface area (Å²) >= 11 is 1.78. The van der Waals surface area contributed by atoms with Crippen LogP contribution in [0.1, 0.15) is 27.2 Å². The highest BCUT2D eigenvalue weighted by molar-refractivity contribution is 7.98. The smallest absolute Gasteiger partial charge is 0.0343 e. The summed E-state index contributed by atoms with van der Waals surface area (Å²) < 4.78 is 0. The lowest BCUT2D eigenvalue weighted by molar-refractivity contribution is 0.494. The van der Waals surface area contributed by atoms with E-state index < -0.39 is 0 Å². The van der Waals surface area contributed by atoms with Gasteiger partial charge in [-0.05, 0) is 43.4 Å². The Hall–Kier alpha value is -0.630. The van der Waals surface area contributed by atoms with E-state index >= 15 is 0 Å². The van der Waals surface area contributed by atoms with Crippen LogP contribution in [0.4, 0.5) is 5.69 Å². The van der Waals surface area contributed by atoms with Gasteiger partial charge < -0.3 is 5.32 Å². The van der Waals surface area contributed by atoms with Crippen LogP contribution in [-0.2, 0) is 0 Å². The number of hydrogen-bond donors (Lipinski definition) is 1. The molecule has 1 aromatic rings. The third kappa shape index (κ3) is 3.78. The maximum absolute atomic E-state index is 3.53. The number of anilines is 1. The first-order valence-corrected chi connectivity index (χ1v) is 6.80. The molecule has 1 rings (SSSR count). The van der Waals surface area contributed by atoms with Crippen molar-refractivity contribution in [3.8, 4) is 0 Å². The average Bonchev–Trinajstić information content (AvgIpc) is 2.29. The summed E-state index contributed by atoms with van der Waals surface area (Å²) in [6.45, 7) is 6.77. The topological polar surface area (TPSA) is 12.0 Å². The molecule has 15 heavy (non-hydrogen) atoms. The molecule has 2 heteroatoms. The van der Waals surface area contributed by atoms with E-state index in [2.05, 4.69) is 56.6 Å². The summed E-state index contributed by atoms with van der Waals surface area (Å²) in [5.74, 6) is 0.713. The Balaban J connectivity index is 2.57. The Morgan fingerprint density at radius 3 is 2.27 bits per heavy atom. The van der Waals surface area contributed by atoms with Crippen LogP contribution in [0, 0.1) is 5.92 Å². The van der Waals surface area contributed by atoms with Crippen molar-refractivity contribution in [2.75, 3.05) is 11.6 Å². The molecule has 0 aliphatic heterocycles. The summed E-state index contributed by atoms with van der Waals surface area (Å²) in [6, 6.07) is 9.18. The van der Waals surface area contributed by atoms with E-state index in [0.717, 1.165) is 0 Å². The fraction of sp³-hybridized carbons (Fsp3) is 0.538. The highest BCUT2D eigenvalue weighted by Crippen LogP contribution is 2.19. The highest BCUT2D eigenvalue weighted by Gasteiger charge is 2.09. The van der Waals surface area contributed by atoms with Gasteiger partial charge in [-0.2, -0.15) is 0 Å². The summed E-state index contributed by atoms with van der Waals surface area (Å²) in [5, 5.41) is 3.53. The molecule has 0 aromatic heterocycles.